The standard InChI is InChI=1S/C19H28N2O3/c22-18(17-5-4-13-23-17)21-11-7-19(8-12-21)15-16(6-14-24-19)20-9-2-1-3-10-20/h4-5,13,16H,1-3,6-12,14-15H2. The van der Waals surface area contributed by atoms with Crippen molar-refractivity contribution in [2.24, 2.45) is 0 Å². The summed E-state index contributed by atoms with van der Waals surface area (Å²) in [5.74, 6) is 0.458. The highest BCUT2D eigenvalue weighted by molar-refractivity contribution is 5.91. The van der Waals surface area contributed by atoms with E-state index in [1.54, 1.807) is 18.4 Å². The number of carbonyl (C=O) groups is 1. The topological polar surface area (TPSA) is 45.9 Å². The van der Waals surface area contributed by atoms with Gasteiger partial charge in [-0.25, -0.2) is 0 Å². The molecule has 1 spiro atoms. The Morgan fingerprint density at radius 2 is 1.92 bits per heavy atom. The Labute approximate surface area is 143 Å². The van der Waals surface area contributed by atoms with E-state index in [-0.39, 0.29) is 11.5 Å². The van der Waals surface area contributed by atoms with E-state index in [1.165, 1.54) is 32.4 Å². The Morgan fingerprint density at radius 1 is 1.12 bits per heavy atom. The van der Waals surface area contributed by atoms with E-state index in [0.717, 1.165) is 45.4 Å². The lowest BCUT2D eigenvalue weighted by Gasteiger charge is -2.49. The average molecular weight is 332 g/mol. The molecule has 4 rings (SSSR count). The van der Waals surface area contributed by atoms with E-state index in [4.69, 9.17) is 9.15 Å². The summed E-state index contributed by atoms with van der Waals surface area (Å²) in [5, 5.41) is 0. The normalized spacial score (nSPS) is 28.2. The predicted octanol–water partition coefficient (Wildman–Crippen LogP) is 2.92. The van der Waals surface area contributed by atoms with Crippen molar-refractivity contribution >= 4 is 5.91 Å². The zero-order chi connectivity index (χ0) is 16.4. The second-order valence-corrected chi connectivity index (χ2v) is 7.54. The third kappa shape index (κ3) is 3.24. The molecule has 1 aromatic heterocycles. The molecule has 3 aliphatic rings. The van der Waals surface area contributed by atoms with Gasteiger partial charge in [-0.15, -0.1) is 0 Å². The monoisotopic (exact) mass is 332 g/mol. The maximum absolute atomic E-state index is 12.4. The minimum atomic E-state index is -0.0136. The molecule has 0 aromatic carbocycles. The number of amides is 1. The second-order valence-electron chi connectivity index (χ2n) is 7.54. The lowest BCUT2D eigenvalue weighted by atomic mass is 9.81. The fourth-order valence-corrected chi connectivity index (χ4v) is 4.62. The number of hydrogen-bond donors (Lipinski definition) is 0. The summed E-state index contributed by atoms with van der Waals surface area (Å²) >= 11 is 0. The molecular weight excluding hydrogens is 304 g/mol. The number of rotatable bonds is 2. The van der Waals surface area contributed by atoms with Gasteiger partial charge in [0.05, 0.1) is 11.9 Å². The minimum Gasteiger partial charge on any atom is -0.459 e. The van der Waals surface area contributed by atoms with Gasteiger partial charge >= 0.3 is 0 Å². The van der Waals surface area contributed by atoms with Crippen LogP contribution < -0.4 is 0 Å². The summed E-state index contributed by atoms with van der Waals surface area (Å²) in [4.78, 5) is 17.0. The van der Waals surface area contributed by atoms with Crippen molar-refractivity contribution in [2.45, 2.75) is 56.6 Å². The molecule has 1 atom stereocenters. The first-order valence-electron chi connectivity index (χ1n) is 9.47. The van der Waals surface area contributed by atoms with Gasteiger partial charge in [0.1, 0.15) is 0 Å². The molecule has 0 aliphatic carbocycles. The highest BCUT2D eigenvalue weighted by Crippen LogP contribution is 2.37. The van der Waals surface area contributed by atoms with Crippen LogP contribution in [0, 0.1) is 0 Å². The summed E-state index contributed by atoms with van der Waals surface area (Å²) in [5.41, 5.74) is -0.0136. The Kier molecular flexibility index (Phi) is 4.63. The maximum Gasteiger partial charge on any atom is 0.289 e. The van der Waals surface area contributed by atoms with Crippen LogP contribution in [-0.4, -0.2) is 60.1 Å². The highest BCUT2D eigenvalue weighted by atomic mass is 16.5. The van der Waals surface area contributed by atoms with E-state index in [1.807, 2.05) is 4.90 Å². The van der Waals surface area contributed by atoms with Gasteiger partial charge in [0.25, 0.3) is 5.91 Å². The summed E-state index contributed by atoms with van der Waals surface area (Å²) in [7, 11) is 0. The van der Waals surface area contributed by atoms with Gasteiger partial charge in [-0.05, 0) is 63.7 Å². The van der Waals surface area contributed by atoms with Crippen LogP contribution in [0.3, 0.4) is 0 Å². The summed E-state index contributed by atoms with van der Waals surface area (Å²) in [6.07, 6.45) is 9.83. The maximum atomic E-state index is 12.4. The summed E-state index contributed by atoms with van der Waals surface area (Å²) in [6, 6.07) is 4.19. The smallest absolute Gasteiger partial charge is 0.289 e. The largest absolute Gasteiger partial charge is 0.459 e. The van der Waals surface area contributed by atoms with Crippen LogP contribution in [0.5, 0.6) is 0 Å². The van der Waals surface area contributed by atoms with E-state index in [9.17, 15) is 4.79 Å². The molecule has 1 unspecified atom stereocenters. The van der Waals surface area contributed by atoms with Crippen molar-refractivity contribution in [1.82, 2.24) is 9.80 Å². The highest BCUT2D eigenvalue weighted by Gasteiger charge is 2.42. The molecule has 3 saturated heterocycles. The molecule has 0 N–H and O–H groups in total. The number of nitrogens with zero attached hydrogens (tertiary/aromatic N) is 2. The quantitative estimate of drug-likeness (QED) is 0.835. The molecule has 5 heteroatoms. The summed E-state index contributed by atoms with van der Waals surface area (Å²) in [6.45, 7) is 4.92. The van der Waals surface area contributed by atoms with Crippen LogP contribution in [0.4, 0.5) is 0 Å². The average Bonchev–Trinajstić information content (AvgIpc) is 3.17. The van der Waals surface area contributed by atoms with Crippen LogP contribution in [0.2, 0.25) is 0 Å². The molecule has 3 aliphatic heterocycles. The number of ether oxygens (including phenoxy) is 1. The van der Waals surface area contributed by atoms with E-state index in [0.29, 0.717) is 11.8 Å². The number of likely N-dealkylation sites (tertiary alicyclic amines) is 2. The van der Waals surface area contributed by atoms with Crippen molar-refractivity contribution < 1.29 is 13.9 Å². The van der Waals surface area contributed by atoms with Crippen LogP contribution in [0.25, 0.3) is 0 Å². The van der Waals surface area contributed by atoms with Crippen LogP contribution in [-0.2, 0) is 4.74 Å². The molecular formula is C19H28N2O3. The van der Waals surface area contributed by atoms with Gasteiger partial charge in [-0.2, -0.15) is 0 Å². The van der Waals surface area contributed by atoms with E-state index < -0.39 is 0 Å². The van der Waals surface area contributed by atoms with E-state index in [2.05, 4.69) is 4.90 Å². The van der Waals surface area contributed by atoms with Gasteiger partial charge in [-0.3, -0.25) is 4.79 Å². The van der Waals surface area contributed by atoms with Gasteiger partial charge < -0.3 is 19.0 Å². The third-order valence-corrected chi connectivity index (χ3v) is 6.07. The zero-order valence-electron chi connectivity index (χ0n) is 14.4. The van der Waals surface area contributed by atoms with Gasteiger partial charge in [-0.1, -0.05) is 6.42 Å². The van der Waals surface area contributed by atoms with Gasteiger partial charge in [0.2, 0.25) is 0 Å². The molecule has 1 amide bonds. The molecule has 3 fully saturated rings. The number of furan rings is 1. The van der Waals surface area contributed by atoms with Crippen molar-refractivity contribution in [3.63, 3.8) is 0 Å². The molecule has 0 saturated carbocycles. The first-order chi connectivity index (χ1) is 11.8. The Hall–Kier alpha value is -1.33. The molecule has 1 aromatic rings. The first-order valence-corrected chi connectivity index (χ1v) is 9.47. The van der Waals surface area contributed by atoms with Crippen LogP contribution in [0.15, 0.2) is 22.8 Å². The molecule has 4 heterocycles. The lowest BCUT2D eigenvalue weighted by Crippen LogP contribution is -2.55. The SMILES string of the molecule is O=C(c1ccco1)N1CCC2(CC1)CC(N1CCCCC1)CCO2. The molecule has 0 bridgehead atoms. The van der Waals surface area contributed by atoms with E-state index >= 15 is 0 Å². The Bertz CT molecular complexity index is 543. The lowest BCUT2D eigenvalue weighted by molar-refractivity contribution is -0.131. The van der Waals surface area contributed by atoms with Crippen molar-refractivity contribution in [2.75, 3.05) is 32.8 Å². The van der Waals surface area contributed by atoms with Crippen LogP contribution >= 0.6 is 0 Å². The number of hydrogen-bond acceptors (Lipinski definition) is 4. The minimum absolute atomic E-state index is 0.0123. The van der Waals surface area contributed by atoms with Crippen molar-refractivity contribution in [3.05, 3.63) is 24.2 Å². The first kappa shape index (κ1) is 16.2. The number of piperidine rings is 2. The zero-order valence-corrected chi connectivity index (χ0v) is 14.4. The predicted molar refractivity (Wildman–Crippen MR) is 91.0 cm³/mol. The molecule has 0 radical (unpaired) electrons. The third-order valence-electron chi connectivity index (χ3n) is 6.07. The molecule has 24 heavy (non-hydrogen) atoms. The van der Waals surface area contributed by atoms with Gasteiger partial charge in [0, 0.05) is 25.7 Å². The Balaban J connectivity index is 1.36. The second kappa shape index (κ2) is 6.89. The molecule has 132 valence electrons. The van der Waals surface area contributed by atoms with Gasteiger partial charge in [0.15, 0.2) is 5.76 Å². The van der Waals surface area contributed by atoms with Crippen molar-refractivity contribution in [1.29, 1.82) is 0 Å². The fourth-order valence-electron chi connectivity index (χ4n) is 4.62. The van der Waals surface area contributed by atoms with Crippen LogP contribution in [0.1, 0.15) is 55.5 Å². The Morgan fingerprint density at radius 3 is 2.62 bits per heavy atom. The van der Waals surface area contributed by atoms with Crippen molar-refractivity contribution in [3.8, 4) is 0 Å². The molecule has 5 nitrogen and oxygen atoms in total. The number of carbonyl (C=O) groups excluding carboxylic acids is 1. The fraction of sp³-hybridized carbons (Fsp3) is 0.737. The summed E-state index contributed by atoms with van der Waals surface area (Å²) < 4.78 is 11.5.